The van der Waals surface area contributed by atoms with E-state index in [9.17, 15) is 0 Å². The number of nitrogens with zero attached hydrogens (tertiary/aromatic N) is 3. The molecule has 0 saturated heterocycles. The number of H-pyrrole nitrogens is 1. The lowest BCUT2D eigenvalue weighted by molar-refractivity contribution is 1.05. The van der Waals surface area contributed by atoms with Crippen molar-refractivity contribution in [2.75, 3.05) is 0 Å². The average molecular weight is 273 g/mol. The Morgan fingerprint density at radius 1 is 1.05 bits per heavy atom. The number of hydrogen-bond donors (Lipinski definition) is 1. The second-order valence-corrected chi connectivity index (χ2v) is 5.01. The molecule has 0 bridgehead atoms. The minimum atomic E-state index is 0.896. The minimum Gasteiger partial charge on any atom is -0.335 e. The lowest BCUT2D eigenvalue weighted by Gasteiger charge is -2.05. The maximum atomic E-state index is 4.18. The summed E-state index contributed by atoms with van der Waals surface area (Å²) in [4.78, 5) is 11.2. The topological polar surface area (TPSA) is 46.5 Å². The lowest BCUT2D eigenvalue weighted by atomic mass is 10.0. The Kier molecular flexibility index (Phi) is 2.78. The van der Waals surface area contributed by atoms with Crippen LogP contribution in [0.4, 0.5) is 0 Å². The van der Waals surface area contributed by atoms with Gasteiger partial charge in [0.25, 0.3) is 0 Å². The van der Waals surface area contributed by atoms with E-state index in [2.05, 4.69) is 57.7 Å². The van der Waals surface area contributed by atoms with Crippen LogP contribution >= 0.6 is 0 Å². The van der Waals surface area contributed by atoms with Crippen molar-refractivity contribution in [1.29, 1.82) is 0 Å². The molecule has 1 N–H and O–H groups in total. The third-order valence-electron chi connectivity index (χ3n) is 3.58. The first kappa shape index (κ1) is 11.9. The highest BCUT2D eigenvalue weighted by molar-refractivity contribution is 5.75. The first-order valence-electron chi connectivity index (χ1n) is 6.80. The predicted molar refractivity (Wildman–Crippen MR) is 81.3 cm³/mol. The molecule has 4 rings (SSSR count). The van der Waals surface area contributed by atoms with E-state index in [1.807, 2.05) is 16.8 Å². The van der Waals surface area contributed by atoms with Crippen molar-refractivity contribution in [2.24, 2.45) is 0 Å². The standard InChI is InChI=1S/C17H13N4/c1-4-15(21-8-7-18-12-21)5-2-13(1)9-14-3-6-16-17(10-14)20-11-19-16/h1-8,10,12H,9H2,(H,19,20). The first-order valence-corrected chi connectivity index (χ1v) is 6.80. The Bertz CT molecular complexity index is 857. The lowest BCUT2D eigenvalue weighted by Crippen LogP contribution is -1.92. The molecular weight excluding hydrogens is 260 g/mol. The third kappa shape index (κ3) is 2.31. The van der Waals surface area contributed by atoms with Crippen molar-refractivity contribution in [3.63, 3.8) is 0 Å². The van der Waals surface area contributed by atoms with E-state index in [0.717, 1.165) is 23.1 Å². The summed E-state index contributed by atoms with van der Waals surface area (Å²) >= 11 is 0. The molecule has 0 saturated carbocycles. The minimum absolute atomic E-state index is 0.896. The quantitative estimate of drug-likeness (QED) is 0.623. The Balaban J connectivity index is 1.59. The van der Waals surface area contributed by atoms with Crippen LogP contribution in [0.2, 0.25) is 0 Å². The van der Waals surface area contributed by atoms with Crippen LogP contribution in [-0.4, -0.2) is 19.5 Å². The van der Waals surface area contributed by atoms with Crippen molar-refractivity contribution in [1.82, 2.24) is 19.5 Å². The summed E-state index contributed by atoms with van der Waals surface area (Å²) in [6.45, 7) is 0. The van der Waals surface area contributed by atoms with Crippen molar-refractivity contribution in [3.8, 4) is 5.69 Å². The van der Waals surface area contributed by atoms with Gasteiger partial charge in [0, 0.05) is 18.1 Å². The van der Waals surface area contributed by atoms with Gasteiger partial charge < -0.3 is 9.55 Å². The number of imidazole rings is 2. The highest BCUT2D eigenvalue weighted by Gasteiger charge is 2.01. The van der Waals surface area contributed by atoms with Crippen LogP contribution in [0.5, 0.6) is 0 Å². The van der Waals surface area contributed by atoms with Gasteiger partial charge in [0.05, 0.1) is 17.4 Å². The molecule has 1 radical (unpaired) electrons. The highest BCUT2D eigenvalue weighted by Crippen LogP contribution is 2.16. The number of nitrogens with one attached hydrogen (secondary N) is 1. The summed E-state index contributed by atoms with van der Waals surface area (Å²) in [7, 11) is 0. The molecule has 0 atom stereocenters. The van der Waals surface area contributed by atoms with Crippen LogP contribution in [-0.2, 0) is 6.42 Å². The molecule has 0 aliphatic carbocycles. The molecule has 4 nitrogen and oxygen atoms in total. The maximum Gasteiger partial charge on any atom is 0.174 e. The van der Waals surface area contributed by atoms with E-state index >= 15 is 0 Å². The van der Waals surface area contributed by atoms with Crippen molar-refractivity contribution in [3.05, 3.63) is 78.6 Å². The number of benzene rings is 2. The molecule has 0 fully saturated rings. The van der Waals surface area contributed by atoms with Crippen molar-refractivity contribution >= 4 is 11.0 Å². The molecule has 101 valence electrons. The van der Waals surface area contributed by atoms with Gasteiger partial charge in [-0.3, -0.25) is 0 Å². The van der Waals surface area contributed by atoms with E-state index in [0.29, 0.717) is 0 Å². The Morgan fingerprint density at radius 2 is 1.90 bits per heavy atom. The molecule has 2 aromatic heterocycles. The monoisotopic (exact) mass is 273 g/mol. The van der Waals surface area contributed by atoms with Crippen LogP contribution in [0.15, 0.2) is 61.2 Å². The van der Waals surface area contributed by atoms with E-state index in [1.165, 1.54) is 11.1 Å². The molecule has 0 aliphatic heterocycles. The van der Waals surface area contributed by atoms with E-state index in [4.69, 9.17) is 0 Å². The first-order chi connectivity index (χ1) is 10.4. The number of rotatable bonds is 3. The second kappa shape index (κ2) is 4.90. The smallest absolute Gasteiger partial charge is 0.174 e. The van der Waals surface area contributed by atoms with Crippen molar-refractivity contribution in [2.45, 2.75) is 6.42 Å². The normalized spacial score (nSPS) is 11.0. The molecular formula is C17H13N4. The fourth-order valence-electron chi connectivity index (χ4n) is 2.47. The predicted octanol–water partition coefficient (Wildman–Crippen LogP) is 3.14. The highest BCUT2D eigenvalue weighted by atomic mass is 15.0. The van der Waals surface area contributed by atoms with Crippen LogP contribution in [0.25, 0.3) is 16.7 Å². The van der Waals surface area contributed by atoms with E-state index in [1.54, 1.807) is 12.5 Å². The number of hydrogen-bond acceptors (Lipinski definition) is 2. The van der Waals surface area contributed by atoms with Crippen LogP contribution in [0.1, 0.15) is 11.1 Å². The molecule has 4 heteroatoms. The SMILES string of the molecule is [c]1nc2cc(Cc3ccc(-n4ccnc4)cc3)ccc2[nH]1. The van der Waals surface area contributed by atoms with Gasteiger partial charge in [-0.1, -0.05) is 18.2 Å². The van der Waals surface area contributed by atoms with E-state index < -0.39 is 0 Å². The summed E-state index contributed by atoms with van der Waals surface area (Å²) in [5.74, 6) is 0. The summed E-state index contributed by atoms with van der Waals surface area (Å²) in [5.41, 5.74) is 5.63. The van der Waals surface area contributed by atoms with Gasteiger partial charge in [-0.15, -0.1) is 0 Å². The Morgan fingerprint density at radius 3 is 2.71 bits per heavy atom. The molecule has 0 aliphatic rings. The third-order valence-corrected chi connectivity index (χ3v) is 3.58. The number of aromatic amines is 1. The molecule has 2 aromatic carbocycles. The largest absolute Gasteiger partial charge is 0.335 e. The van der Waals surface area contributed by atoms with Crippen molar-refractivity contribution < 1.29 is 0 Å². The van der Waals surface area contributed by atoms with Gasteiger partial charge in [-0.2, -0.15) is 0 Å². The van der Waals surface area contributed by atoms with E-state index in [-0.39, 0.29) is 0 Å². The molecule has 4 aromatic rings. The molecule has 2 heterocycles. The fraction of sp³-hybridized carbons (Fsp3) is 0.0588. The zero-order valence-electron chi connectivity index (χ0n) is 11.3. The molecule has 0 spiro atoms. The van der Waals surface area contributed by atoms with Gasteiger partial charge in [0.1, 0.15) is 0 Å². The van der Waals surface area contributed by atoms with Gasteiger partial charge in [0.15, 0.2) is 6.33 Å². The summed E-state index contributed by atoms with van der Waals surface area (Å²) in [6.07, 6.45) is 9.19. The summed E-state index contributed by atoms with van der Waals surface area (Å²) < 4.78 is 2.00. The molecule has 0 amide bonds. The zero-order valence-corrected chi connectivity index (χ0v) is 11.3. The number of aromatic nitrogens is 4. The Labute approximate surface area is 122 Å². The Hall–Kier alpha value is -2.88. The summed E-state index contributed by atoms with van der Waals surface area (Å²) in [5, 5.41) is 0. The van der Waals surface area contributed by atoms with Gasteiger partial charge >= 0.3 is 0 Å². The zero-order chi connectivity index (χ0) is 14.1. The van der Waals surface area contributed by atoms with Gasteiger partial charge in [-0.25, -0.2) is 9.97 Å². The summed E-state index contributed by atoms with van der Waals surface area (Å²) in [6, 6.07) is 14.8. The van der Waals surface area contributed by atoms with Crippen LogP contribution in [0.3, 0.4) is 0 Å². The second-order valence-electron chi connectivity index (χ2n) is 5.01. The van der Waals surface area contributed by atoms with Crippen LogP contribution < -0.4 is 0 Å². The van der Waals surface area contributed by atoms with Gasteiger partial charge in [-0.05, 0) is 41.8 Å². The molecule has 21 heavy (non-hydrogen) atoms. The molecule has 0 unspecified atom stereocenters. The fourth-order valence-corrected chi connectivity index (χ4v) is 2.47. The van der Waals surface area contributed by atoms with Gasteiger partial charge in [0.2, 0.25) is 0 Å². The van der Waals surface area contributed by atoms with Crippen LogP contribution in [0, 0.1) is 6.33 Å². The average Bonchev–Trinajstić information content (AvgIpc) is 3.19. The maximum absolute atomic E-state index is 4.18. The number of fused-ring (bicyclic) bond motifs is 1.